The lowest BCUT2D eigenvalue weighted by Crippen LogP contribution is -2.35. The summed E-state index contributed by atoms with van der Waals surface area (Å²) in [4.78, 5) is 29.7. The largest absolute Gasteiger partial charge is 0.507 e. The first-order valence-corrected chi connectivity index (χ1v) is 11.2. The summed E-state index contributed by atoms with van der Waals surface area (Å²) in [5.74, 6) is -0.0333. The number of hydrogen-bond acceptors (Lipinski definition) is 7. The van der Waals surface area contributed by atoms with Crippen molar-refractivity contribution < 1.29 is 28.9 Å². The highest BCUT2D eigenvalue weighted by atomic mass is 16.5. The van der Waals surface area contributed by atoms with E-state index >= 15 is 0 Å². The maximum atomic E-state index is 13.2. The Hall–Kier alpha value is -3.52. The Morgan fingerprint density at radius 1 is 1.06 bits per heavy atom. The average molecular weight is 469 g/mol. The number of rotatable bonds is 10. The van der Waals surface area contributed by atoms with Gasteiger partial charge in [-0.2, -0.15) is 0 Å². The van der Waals surface area contributed by atoms with Crippen LogP contribution in [0.4, 0.5) is 0 Å². The van der Waals surface area contributed by atoms with Gasteiger partial charge in [0.05, 0.1) is 32.4 Å². The molecule has 1 N–H and O–H groups in total. The van der Waals surface area contributed by atoms with Gasteiger partial charge in [-0.05, 0) is 50.3 Å². The van der Waals surface area contributed by atoms with E-state index in [4.69, 9.17) is 14.2 Å². The maximum Gasteiger partial charge on any atom is 0.295 e. The highest BCUT2D eigenvalue weighted by Gasteiger charge is 2.46. The van der Waals surface area contributed by atoms with Crippen LogP contribution in [0.25, 0.3) is 5.76 Å². The average Bonchev–Trinajstić information content (AvgIpc) is 3.10. The van der Waals surface area contributed by atoms with Gasteiger partial charge < -0.3 is 29.1 Å². The van der Waals surface area contributed by atoms with E-state index in [1.807, 2.05) is 25.9 Å². The van der Waals surface area contributed by atoms with E-state index in [0.717, 1.165) is 6.42 Å². The van der Waals surface area contributed by atoms with E-state index in [2.05, 4.69) is 0 Å². The third kappa shape index (κ3) is 5.17. The monoisotopic (exact) mass is 468 g/mol. The van der Waals surface area contributed by atoms with Gasteiger partial charge in [0.25, 0.3) is 11.7 Å². The molecule has 1 aliphatic rings. The standard InChI is InChI=1S/C26H32N2O6/c1-6-14-34-20-11-10-17(16-21(20)33-5)23-22(24(29)18-8-7-9-19(15-18)32-4)25(30)26(31)28(23)13-12-27(2)3/h7-11,15-16,23,29H,6,12-14H2,1-5H3/b24-22-. The quantitative estimate of drug-likeness (QED) is 0.324. The number of methoxy groups -OCH3 is 2. The Bertz CT molecular complexity index is 1080. The molecule has 0 aromatic heterocycles. The molecule has 0 radical (unpaired) electrons. The zero-order valence-electron chi connectivity index (χ0n) is 20.3. The van der Waals surface area contributed by atoms with Crippen molar-refractivity contribution in [1.29, 1.82) is 0 Å². The molecule has 0 saturated carbocycles. The number of ether oxygens (including phenoxy) is 3. The molecule has 1 atom stereocenters. The molecule has 1 amide bonds. The van der Waals surface area contributed by atoms with Gasteiger partial charge in [0.1, 0.15) is 11.5 Å². The number of carbonyl (C=O) groups is 2. The first-order valence-electron chi connectivity index (χ1n) is 11.2. The summed E-state index contributed by atoms with van der Waals surface area (Å²) in [6.07, 6.45) is 0.843. The lowest BCUT2D eigenvalue weighted by molar-refractivity contribution is -0.140. The Morgan fingerprint density at radius 3 is 2.47 bits per heavy atom. The lowest BCUT2D eigenvalue weighted by Gasteiger charge is -2.27. The van der Waals surface area contributed by atoms with Crippen LogP contribution >= 0.6 is 0 Å². The molecule has 8 heteroatoms. The number of amides is 1. The number of aliphatic hydroxyl groups excluding tert-OH is 1. The Balaban J connectivity index is 2.15. The summed E-state index contributed by atoms with van der Waals surface area (Å²) in [5, 5.41) is 11.2. The van der Waals surface area contributed by atoms with Crippen molar-refractivity contribution in [3.8, 4) is 17.2 Å². The molecular weight excluding hydrogens is 436 g/mol. The third-order valence-electron chi connectivity index (χ3n) is 5.64. The Labute approximate surface area is 200 Å². The van der Waals surface area contributed by atoms with Crippen LogP contribution in [-0.2, 0) is 9.59 Å². The summed E-state index contributed by atoms with van der Waals surface area (Å²) >= 11 is 0. The van der Waals surface area contributed by atoms with Crippen molar-refractivity contribution in [2.45, 2.75) is 19.4 Å². The van der Waals surface area contributed by atoms with Gasteiger partial charge in [-0.25, -0.2) is 0 Å². The van der Waals surface area contributed by atoms with Crippen LogP contribution in [0.15, 0.2) is 48.0 Å². The van der Waals surface area contributed by atoms with Crippen molar-refractivity contribution in [2.75, 3.05) is 48.0 Å². The fourth-order valence-electron chi connectivity index (χ4n) is 3.88. The molecule has 1 unspecified atom stereocenters. The number of likely N-dealkylation sites (N-methyl/N-ethyl adjacent to an activating group) is 1. The molecule has 0 bridgehead atoms. The topological polar surface area (TPSA) is 88.5 Å². The zero-order chi connectivity index (χ0) is 24.8. The van der Waals surface area contributed by atoms with Crippen molar-refractivity contribution in [1.82, 2.24) is 9.80 Å². The number of Topliss-reactive ketones (excluding diaryl/α,β-unsaturated/α-hetero) is 1. The number of nitrogens with zero attached hydrogens (tertiary/aromatic N) is 2. The highest BCUT2D eigenvalue weighted by Crippen LogP contribution is 2.42. The van der Waals surface area contributed by atoms with Gasteiger partial charge in [-0.3, -0.25) is 9.59 Å². The number of aliphatic hydroxyl groups is 1. The van der Waals surface area contributed by atoms with Gasteiger partial charge in [-0.15, -0.1) is 0 Å². The van der Waals surface area contributed by atoms with E-state index in [1.165, 1.54) is 19.1 Å². The second kappa shape index (κ2) is 11.1. The highest BCUT2D eigenvalue weighted by molar-refractivity contribution is 6.46. The molecular formula is C26H32N2O6. The molecule has 182 valence electrons. The molecule has 34 heavy (non-hydrogen) atoms. The molecule has 1 saturated heterocycles. The van der Waals surface area contributed by atoms with Crippen molar-refractivity contribution in [3.63, 3.8) is 0 Å². The zero-order valence-corrected chi connectivity index (χ0v) is 20.3. The van der Waals surface area contributed by atoms with Crippen LogP contribution in [0.3, 0.4) is 0 Å². The minimum Gasteiger partial charge on any atom is -0.507 e. The van der Waals surface area contributed by atoms with Gasteiger partial charge in [0.2, 0.25) is 0 Å². The Morgan fingerprint density at radius 2 is 1.82 bits per heavy atom. The summed E-state index contributed by atoms with van der Waals surface area (Å²) in [5.41, 5.74) is 1.06. The van der Waals surface area contributed by atoms with Crippen LogP contribution < -0.4 is 14.2 Å². The van der Waals surface area contributed by atoms with E-state index in [9.17, 15) is 14.7 Å². The second-order valence-electron chi connectivity index (χ2n) is 8.29. The number of likely N-dealkylation sites (tertiary alicyclic amines) is 1. The summed E-state index contributed by atoms with van der Waals surface area (Å²) < 4.78 is 16.5. The molecule has 1 fully saturated rings. The molecule has 1 aliphatic heterocycles. The summed E-state index contributed by atoms with van der Waals surface area (Å²) in [6, 6.07) is 11.3. The summed E-state index contributed by atoms with van der Waals surface area (Å²) in [7, 11) is 6.85. The normalized spacial score (nSPS) is 17.4. The Kier molecular flexibility index (Phi) is 8.17. The van der Waals surface area contributed by atoms with E-state index < -0.39 is 17.7 Å². The van der Waals surface area contributed by atoms with Gasteiger partial charge in [0.15, 0.2) is 11.5 Å². The van der Waals surface area contributed by atoms with Crippen LogP contribution in [0.2, 0.25) is 0 Å². The minimum atomic E-state index is -0.778. The first-order chi connectivity index (χ1) is 16.3. The van der Waals surface area contributed by atoms with E-state index in [-0.39, 0.29) is 11.3 Å². The number of hydrogen-bond donors (Lipinski definition) is 1. The molecule has 2 aromatic carbocycles. The maximum absolute atomic E-state index is 13.2. The minimum absolute atomic E-state index is 0.0290. The second-order valence-corrected chi connectivity index (χ2v) is 8.29. The van der Waals surface area contributed by atoms with Crippen molar-refractivity contribution in [2.24, 2.45) is 0 Å². The number of ketones is 1. The molecule has 8 nitrogen and oxygen atoms in total. The lowest BCUT2D eigenvalue weighted by atomic mass is 9.95. The van der Waals surface area contributed by atoms with Gasteiger partial charge in [0, 0.05) is 18.7 Å². The number of carbonyl (C=O) groups excluding carboxylic acids is 2. The molecule has 0 spiro atoms. The first kappa shape index (κ1) is 25.1. The summed E-state index contributed by atoms with van der Waals surface area (Å²) in [6.45, 7) is 3.41. The SMILES string of the molecule is CCCOc1ccc(C2/C(=C(/O)c3cccc(OC)c3)C(=O)C(=O)N2CCN(C)C)cc1OC. The number of benzene rings is 2. The van der Waals surface area contributed by atoms with E-state index in [0.29, 0.717) is 48.1 Å². The van der Waals surface area contributed by atoms with Crippen molar-refractivity contribution >= 4 is 17.4 Å². The fourth-order valence-corrected chi connectivity index (χ4v) is 3.88. The van der Waals surface area contributed by atoms with Crippen LogP contribution in [0, 0.1) is 0 Å². The molecule has 2 aromatic rings. The van der Waals surface area contributed by atoms with Crippen molar-refractivity contribution in [3.05, 3.63) is 59.2 Å². The molecule has 1 heterocycles. The predicted octanol–water partition coefficient (Wildman–Crippen LogP) is 3.48. The van der Waals surface area contributed by atoms with Crippen LogP contribution in [-0.4, -0.2) is 74.6 Å². The fraction of sp³-hybridized carbons (Fsp3) is 0.385. The van der Waals surface area contributed by atoms with Gasteiger partial charge in [-0.1, -0.05) is 25.1 Å². The van der Waals surface area contributed by atoms with E-state index in [1.54, 1.807) is 42.5 Å². The molecule has 3 rings (SSSR count). The van der Waals surface area contributed by atoms with Gasteiger partial charge >= 0.3 is 0 Å². The third-order valence-corrected chi connectivity index (χ3v) is 5.64. The predicted molar refractivity (Wildman–Crippen MR) is 129 cm³/mol. The molecule has 0 aliphatic carbocycles. The van der Waals surface area contributed by atoms with Crippen LogP contribution in [0.1, 0.15) is 30.5 Å². The van der Waals surface area contributed by atoms with Crippen LogP contribution in [0.5, 0.6) is 17.2 Å². The smallest absolute Gasteiger partial charge is 0.295 e.